The van der Waals surface area contributed by atoms with E-state index in [-0.39, 0.29) is 43.4 Å². The summed E-state index contributed by atoms with van der Waals surface area (Å²) in [6.45, 7) is 5.18. The SMILES string of the molecule is CO[C@@H]1[C@@H](n2cc(-c3cc(F)c(F)c(F)c3)nn2)[C@@H](O)[C@@H](CO)O[C@@H]1CC1CN(C2CCN(S(=O)(=O)C(C)(C)C)CC2)C(=O)O1. The van der Waals surface area contributed by atoms with Crippen LogP contribution in [0.3, 0.4) is 0 Å². The lowest BCUT2D eigenvalue weighted by Gasteiger charge is -2.44. The quantitative estimate of drug-likeness (QED) is 0.401. The van der Waals surface area contributed by atoms with Crippen LogP contribution in [0.25, 0.3) is 11.3 Å². The Labute approximate surface area is 258 Å². The van der Waals surface area contributed by atoms with Crippen molar-refractivity contribution in [3.05, 3.63) is 35.8 Å². The summed E-state index contributed by atoms with van der Waals surface area (Å²) in [6.07, 6.45) is -2.93. The number of aromatic nitrogens is 3. The fraction of sp³-hybridized carbons (Fsp3) is 0.679. The average Bonchev–Trinajstić information content (AvgIpc) is 3.62. The van der Waals surface area contributed by atoms with Crippen molar-refractivity contribution in [2.24, 2.45) is 0 Å². The van der Waals surface area contributed by atoms with Crippen LogP contribution in [-0.4, -0.2) is 124 Å². The summed E-state index contributed by atoms with van der Waals surface area (Å²) >= 11 is 0. The van der Waals surface area contributed by atoms with Gasteiger partial charge in [0.15, 0.2) is 17.5 Å². The summed E-state index contributed by atoms with van der Waals surface area (Å²) in [4.78, 5) is 14.5. The van der Waals surface area contributed by atoms with Crippen LogP contribution in [-0.2, 0) is 24.2 Å². The highest BCUT2D eigenvalue weighted by molar-refractivity contribution is 7.90. The maximum Gasteiger partial charge on any atom is 0.410 e. The lowest BCUT2D eigenvalue weighted by Crippen LogP contribution is -2.57. The number of carbonyl (C=O) groups is 1. The third-order valence-corrected chi connectivity index (χ3v) is 11.3. The number of cyclic esters (lactones) is 1. The molecule has 0 spiro atoms. The minimum absolute atomic E-state index is 0.000144. The van der Waals surface area contributed by atoms with Crippen molar-refractivity contribution >= 4 is 16.1 Å². The number of hydrogen-bond acceptors (Lipinski definition) is 10. The van der Waals surface area contributed by atoms with E-state index in [9.17, 15) is 36.6 Å². The van der Waals surface area contributed by atoms with E-state index >= 15 is 0 Å². The third kappa shape index (κ3) is 6.42. The van der Waals surface area contributed by atoms with E-state index in [0.29, 0.717) is 12.8 Å². The molecular formula is C28H38F3N5O8S. The minimum Gasteiger partial charge on any atom is -0.444 e. The molecule has 3 aliphatic rings. The largest absolute Gasteiger partial charge is 0.444 e. The third-order valence-electron chi connectivity index (χ3n) is 8.71. The molecular weight excluding hydrogens is 623 g/mol. The highest BCUT2D eigenvalue weighted by Gasteiger charge is 2.49. The molecule has 0 radical (unpaired) electrons. The molecule has 1 unspecified atom stereocenters. The molecule has 1 aromatic carbocycles. The Bertz CT molecular complexity index is 1470. The zero-order valence-electron chi connectivity index (χ0n) is 25.3. The molecule has 5 rings (SSSR count). The van der Waals surface area contributed by atoms with Crippen LogP contribution in [0.15, 0.2) is 18.3 Å². The Kier molecular flexibility index (Phi) is 9.50. The van der Waals surface area contributed by atoms with Crippen LogP contribution in [0.1, 0.15) is 46.1 Å². The van der Waals surface area contributed by atoms with Crippen LogP contribution >= 0.6 is 0 Å². The molecule has 3 saturated heterocycles. The first-order chi connectivity index (χ1) is 21.2. The standard InChI is InChI=1S/C28H38F3N5O8S/c1-28(2,3)45(40,41)34-7-5-16(6-8-34)35-12-17(43-27(35)39)11-21-26(42-4)24(25(38)22(14-37)44-21)36-13-20(32-33-36)15-9-18(29)23(31)19(30)10-15/h9-10,13,16-17,21-22,24-26,37-38H,5-8,11-12,14H2,1-4H3/t17?,21-,22-,24+,25+,26+/m1/s1. The number of aliphatic hydroxyl groups is 2. The van der Waals surface area contributed by atoms with E-state index in [0.717, 1.165) is 12.1 Å². The van der Waals surface area contributed by atoms with Crippen molar-refractivity contribution < 1.29 is 50.8 Å². The smallest absolute Gasteiger partial charge is 0.410 e. The number of rotatable bonds is 8. The Morgan fingerprint density at radius 2 is 1.76 bits per heavy atom. The summed E-state index contributed by atoms with van der Waals surface area (Å²) < 4.78 is 86.0. The number of benzene rings is 1. The van der Waals surface area contributed by atoms with Gasteiger partial charge in [0, 0.05) is 38.2 Å². The first kappa shape index (κ1) is 33.5. The summed E-state index contributed by atoms with van der Waals surface area (Å²) in [5.74, 6) is -4.42. The first-order valence-electron chi connectivity index (χ1n) is 14.7. The molecule has 0 saturated carbocycles. The monoisotopic (exact) mass is 661 g/mol. The van der Waals surface area contributed by atoms with Gasteiger partial charge in [0.05, 0.1) is 30.2 Å². The number of hydrogen-bond donors (Lipinski definition) is 2. The summed E-state index contributed by atoms with van der Waals surface area (Å²) in [5, 5.41) is 29.0. The van der Waals surface area contributed by atoms with Gasteiger partial charge in [-0.05, 0) is 45.7 Å². The number of nitrogens with zero attached hydrogens (tertiary/aromatic N) is 5. The number of aliphatic hydroxyl groups excluding tert-OH is 2. The number of ether oxygens (including phenoxy) is 3. The molecule has 4 heterocycles. The average molecular weight is 662 g/mol. The summed E-state index contributed by atoms with van der Waals surface area (Å²) in [6, 6.07) is 0.348. The second-order valence-corrected chi connectivity index (χ2v) is 15.2. The number of methoxy groups -OCH3 is 1. The Hall–Kier alpha value is -2.83. The van der Waals surface area contributed by atoms with Gasteiger partial charge in [-0.15, -0.1) is 5.10 Å². The molecule has 1 aromatic heterocycles. The molecule has 0 aliphatic carbocycles. The Morgan fingerprint density at radius 3 is 2.33 bits per heavy atom. The van der Waals surface area contributed by atoms with Crippen molar-refractivity contribution in [1.29, 1.82) is 0 Å². The molecule has 13 nitrogen and oxygen atoms in total. The van der Waals surface area contributed by atoms with Crippen LogP contribution in [0, 0.1) is 17.5 Å². The Balaban J connectivity index is 1.29. The maximum atomic E-state index is 13.8. The van der Waals surface area contributed by atoms with Crippen LogP contribution < -0.4 is 0 Å². The van der Waals surface area contributed by atoms with E-state index in [1.54, 1.807) is 25.7 Å². The predicted octanol–water partition coefficient (Wildman–Crippen LogP) is 1.84. The second-order valence-electron chi connectivity index (χ2n) is 12.6. The number of sulfonamides is 1. The maximum absolute atomic E-state index is 13.8. The number of amides is 1. The van der Waals surface area contributed by atoms with Gasteiger partial charge in [-0.25, -0.2) is 35.4 Å². The molecule has 17 heteroatoms. The topological polar surface area (TPSA) is 157 Å². The van der Waals surface area contributed by atoms with E-state index in [4.69, 9.17) is 14.2 Å². The number of piperidine rings is 1. The fourth-order valence-electron chi connectivity index (χ4n) is 6.22. The molecule has 1 amide bonds. The Morgan fingerprint density at radius 1 is 1.11 bits per heavy atom. The van der Waals surface area contributed by atoms with Crippen molar-refractivity contribution in [2.75, 3.05) is 33.4 Å². The van der Waals surface area contributed by atoms with E-state index in [1.165, 1.54) is 22.3 Å². The van der Waals surface area contributed by atoms with E-state index in [1.807, 2.05) is 0 Å². The zero-order valence-corrected chi connectivity index (χ0v) is 26.2. The van der Waals surface area contributed by atoms with Crippen molar-refractivity contribution in [2.45, 2.75) is 87.4 Å². The molecule has 3 fully saturated rings. The minimum atomic E-state index is -3.49. The normalized spacial score (nSPS) is 28.9. The van der Waals surface area contributed by atoms with Crippen LogP contribution in [0.5, 0.6) is 0 Å². The predicted molar refractivity (Wildman–Crippen MR) is 152 cm³/mol. The molecule has 250 valence electrons. The van der Waals surface area contributed by atoms with Crippen molar-refractivity contribution in [3.63, 3.8) is 0 Å². The van der Waals surface area contributed by atoms with Gasteiger partial charge in [0.25, 0.3) is 0 Å². The lowest BCUT2D eigenvalue weighted by molar-refractivity contribution is -0.217. The highest BCUT2D eigenvalue weighted by Crippen LogP contribution is 2.36. The van der Waals surface area contributed by atoms with Gasteiger partial charge in [-0.1, -0.05) is 5.21 Å². The van der Waals surface area contributed by atoms with Gasteiger partial charge < -0.3 is 29.3 Å². The second kappa shape index (κ2) is 12.8. The molecule has 2 aromatic rings. The first-order valence-corrected chi connectivity index (χ1v) is 16.1. The molecule has 0 bridgehead atoms. The number of halogens is 3. The van der Waals surface area contributed by atoms with E-state index < -0.39 is 81.5 Å². The van der Waals surface area contributed by atoms with Gasteiger partial charge in [-0.3, -0.25) is 0 Å². The van der Waals surface area contributed by atoms with Gasteiger partial charge in [-0.2, -0.15) is 0 Å². The van der Waals surface area contributed by atoms with Gasteiger partial charge >= 0.3 is 6.09 Å². The van der Waals surface area contributed by atoms with Crippen molar-refractivity contribution in [1.82, 2.24) is 24.2 Å². The number of carbonyl (C=O) groups excluding carboxylic acids is 1. The van der Waals surface area contributed by atoms with Crippen molar-refractivity contribution in [3.8, 4) is 11.3 Å². The van der Waals surface area contributed by atoms with E-state index in [2.05, 4.69) is 10.3 Å². The molecule has 3 aliphatic heterocycles. The molecule has 2 N–H and O–H groups in total. The summed E-state index contributed by atoms with van der Waals surface area (Å²) in [7, 11) is -2.11. The van der Waals surface area contributed by atoms with Crippen LogP contribution in [0.4, 0.5) is 18.0 Å². The fourth-order valence-corrected chi connectivity index (χ4v) is 7.68. The zero-order chi connectivity index (χ0) is 32.8. The van der Waals surface area contributed by atoms with Gasteiger partial charge in [0.2, 0.25) is 10.0 Å². The van der Waals surface area contributed by atoms with Crippen LogP contribution in [0.2, 0.25) is 0 Å². The lowest BCUT2D eigenvalue weighted by atomic mass is 9.89. The molecule has 45 heavy (non-hydrogen) atoms. The van der Waals surface area contributed by atoms with Gasteiger partial charge in [0.1, 0.15) is 36.2 Å². The highest BCUT2D eigenvalue weighted by atomic mass is 32.2. The summed E-state index contributed by atoms with van der Waals surface area (Å²) in [5.41, 5.74) is -0.0802. The molecule has 6 atom stereocenters.